The number of carbonyl (C=O) groups excluding carboxylic acids is 1. The number of halogens is 1. The van der Waals surface area contributed by atoms with Gasteiger partial charge in [0.15, 0.2) is 0 Å². The van der Waals surface area contributed by atoms with Gasteiger partial charge in [0.1, 0.15) is 11.6 Å². The van der Waals surface area contributed by atoms with Crippen LogP contribution in [0.1, 0.15) is 5.56 Å². The summed E-state index contributed by atoms with van der Waals surface area (Å²) in [5.74, 6) is -0.465. The Hall–Kier alpha value is -3.31. The van der Waals surface area contributed by atoms with Crippen LogP contribution < -0.4 is 16.0 Å². The minimum absolute atomic E-state index is 0.0105. The number of nitrogens with two attached hydrogens (primary N) is 1. The molecule has 0 atom stereocenters. The van der Waals surface area contributed by atoms with Gasteiger partial charge in [0.25, 0.3) is 5.91 Å². The third kappa shape index (κ3) is 5.15. The molecule has 3 aromatic carbocycles. The lowest BCUT2D eigenvalue weighted by Gasteiger charge is -2.21. The SMILES string of the molecule is Cc1cc(I)ccc1NC(=O)/C(C#N)=C\N(c1ccccc1)c1ccc(N)cc1. The van der Waals surface area contributed by atoms with Crippen molar-refractivity contribution in [1.29, 1.82) is 5.26 Å². The molecular formula is C23H19IN4O. The summed E-state index contributed by atoms with van der Waals surface area (Å²) in [5.41, 5.74) is 9.65. The Balaban J connectivity index is 1.96. The number of rotatable bonds is 5. The van der Waals surface area contributed by atoms with E-state index in [4.69, 9.17) is 5.73 Å². The summed E-state index contributed by atoms with van der Waals surface area (Å²) >= 11 is 2.22. The van der Waals surface area contributed by atoms with Crippen LogP contribution >= 0.6 is 22.6 Å². The number of carbonyl (C=O) groups is 1. The number of nitrogen functional groups attached to an aromatic ring is 1. The monoisotopic (exact) mass is 494 g/mol. The molecule has 0 heterocycles. The number of amides is 1. The number of aryl methyl sites for hydroxylation is 1. The second-order valence-electron chi connectivity index (χ2n) is 6.37. The maximum Gasteiger partial charge on any atom is 0.267 e. The average Bonchev–Trinajstić information content (AvgIpc) is 2.72. The van der Waals surface area contributed by atoms with Gasteiger partial charge >= 0.3 is 0 Å². The van der Waals surface area contributed by atoms with Crippen LogP contribution in [0.5, 0.6) is 0 Å². The van der Waals surface area contributed by atoms with Crippen molar-refractivity contribution >= 4 is 51.2 Å². The summed E-state index contributed by atoms with van der Waals surface area (Å²) in [6.45, 7) is 1.91. The summed E-state index contributed by atoms with van der Waals surface area (Å²) in [4.78, 5) is 14.6. The Bertz CT molecular complexity index is 1090. The first-order valence-corrected chi connectivity index (χ1v) is 9.95. The molecule has 0 unspecified atom stereocenters. The van der Waals surface area contributed by atoms with Gasteiger partial charge in [-0.05, 0) is 89.7 Å². The van der Waals surface area contributed by atoms with Crippen LogP contribution in [0.4, 0.5) is 22.7 Å². The number of nitrogens with zero attached hydrogens (tertiary/aromatic N) is 2. The van der Waals surface area contributed by atoms with E-state index in [0.29, 0.717) is 11.4 Å². The molecule has 144 valence electrons. The van der Waals surface area contributed by atoms with E-state index in [2.05, 4.69) is 27.9 Å². The molecule has 0 spiro atoms. The first-order chi connectivity index (χ1) is 14.0. The van der Waals surface area contributed by atoms with Crippen LogP contribution in [0.25, 0.3) is 0 Å². The number of nitrogens with one attached hydrogen (secondary N) is 1. The normalized spacial score (nSPS) is 10.9. The van der Waals surface area contributed by atoms with Crippen LogP contribution in [0.2, 0.25) is 0 Å². The zero-order valence-electron chi connectivity index (χ0n) is 15.8. The van der Waals surface area contributed by atoms with Gasteiger partial charge in [-0.2, -0.15) is 5.26 Å². The molecule has 29 heavy (non-hydrogen) atoms. The lowest BCUT2D eigenvalue weighted by Crippen LogP contribution is -2.18. The predicted molar refractivity (Wildman–Crippen MR) is 126 cm³/mol. The van der Waals surface area contributed by atoms with Crippen LogP contribution in [-0.4, -0.2) is 5.91 Å². The fourth-order valence-corrected chi connectivity index (χ4v) is 3.39. The van der Waals surface area contributed by atoms with E-state index in [9.17, 15) is 10.1 Å². The van der Waals surface area contributed by atoms with E-state index in [1.54, 1.807) is 17.0 Å². The Morgan fingerprint density at radius 2 is 1.72 bits per heavy atom. The molecule has 0 fully saturated rings. The van der Waals surface area contributed by atoms with E-state index in [0.717, 1.165) is 20.5 Å². The van der Waals surface area contributed by atoms with Crippen LogP contribution in [-0.2, 0) is 4.79 Å². The Kier molecular flexibility index (Phi) is 6.52. The number of hydrogen-bond acceptors (Lipinski definition) is 4. The third-order valence-electron chi connectivity index (χ3n) is 4.27. The second-order valence-corrected chi connectivity index (χ2v) is 7.61. The van der Waals surface area contributed by atoms with E-state index >= 15 is 0 Å². The molecule has 0 saturated carbocycles. The molecule has 1 amide bonds. The molecule has 6 heteroatoms. The lowest BCUT2D eigenvalue weighted by atomic mass is 10.2. The van der Waals surface area contributed by atoms with Crippen molar-refractivity contribution in [3.8, 4) is 6.07 Å². The van der Waals surface area contributed by atoms with Gasteiger partial charge < -0.3 is 16.0 Å². The smallest absolute Gasteiger partial charge is 0.267 e. The molecule has 3 rings (SSSR count). The molecule has 0 aromatic heterocycles. The number of anilines is 4. The first kappa shape index (κ1) is 20.4. The van der Waals surface area contributed by atoms with Crippen molar-refractivity contribution in [3.05, 3.63) is 93.7 Å². The minimum Gasteiger partial charge on any atom is -0.399 e. The molecule has 0 aliphatic carbocycles. The Labute approximate surface area is 183 Å². The highest BCUT2D eigenvalue weighted by Gasteiger charge is 2.15. The number of nitriles is 1. The maximum atomic E-state index is 12.8. The maximum absolute atomic E-state index is 12.8. The zero-order valence-corrected chi connectivity index (χ0v) is 17.9. The van der Waals surface area contributed by atoms with Crippen LogP contribution in [0, 0.1) is 21.8 Å². The summed E-state index contributed by atoms with van der Waals surface area (Å²) in [7, 11) is 0. The molecule has 0 aliphatic rings. The Morgan fingerprint density at radius 1 is 1.07 bits per heavy atom. The summed E-state index contributed by atoms with van der Waals surface area (Å²) in [5, 5.41) is 12.5. The fourth-order valence-electron chi connectivity index (χ4n) is 2.75. The molecule has 3 aromatic rings. The predicted octanol–water partition coefficient (Wildman–Crippen LogP) is 5.37. The van der Waals surface area contributed by atoms with Gasteiger partial charge in [0.05, 0.1) is 0 Å². The van der Waals surface area contributed by atoms with Crippen molar-refractivity contribution in [2.45, 2.75) is 6.92 Å². The third-order valence-corrected chi connectivity index (χ3v) is 4.94. The van der Waals surface area contributed by atoms with Crippen LogP contribution in [0.3, 0.4) is 0 Å². The van der Waals surface area contributed by atoms with E-state index in [1.807, 2.05) is 73.7 Å². The van der Waals surface area contributed by atoms with E-state index in [1.165, 1.54) is 6.20 Å². The van der Waals surface area contributed by atoms with E-state index < -0.39 is 5.91 Å². The van der Waals surface area contributed by atoms with Crippen molar-refractivity contribution in [1.82, 2.24) is 0 Å². The largest absolute Gasteiger partial charge is 0.399 e. The number of benzene rings is 3. The molecule has 0 bridgehead atoms. The standard InChI is InChI=1S/C23H19IN4O/c1-16-13-18(24)7-12-22(16)27-23(29)17(14-25)15-28(20-5-3-2-4-6-20)21-10-8-19(26)9-11-21/h2-13,15H,26H2,1H3,(H,27,29)/b17-15-. The fraction of sp³-hybridized carbons (Fsp3) is 0.0435. The quantitative estimate of drug-likeness (QED) is 0.216. The molecule has 5 nitrogen and oxygen atoms in total. The molecular weight excluding hydrogens is 475 g/mol. The van der Waals surface area contributed by atoms with Crippen molar-refractivity contribution in [3.63, 3.8) is 0 Å². The van der Waals surface area contributed by atoms with Crippen molar-refractivity contribution in [2.24, 2.45) is 0 Å². The molecule has 0 radical (unpaired) electrons. The van der Waals surface area contributed by atoms with Crippen LogP contribution in [0.15, 0.2) is 84.6 Å². The van der Waals surface area contributed by atoms with Crippen molar-refractivity contribution < 1.29 is 4.79 Å². The van der Waals surface area contributed by atoms with Gasteiger partial charge in [-0.25, -0.2) is 0 Å². The first-order valence-electron chi connectivity index (χ1n) is 8.87. The van der Waals surface area contributed by atoms with E-state index in [-0.39, 0.29) is 5.57 Å². The average molecular weight is 494 g/mol. The minimum atomic E-state index is -0.465. The topological polar surface area (TPSA) is 82.2 Å². The van der Waals surface area contributed by atoms with Gasteiger partial charge in [-0.3, -0.25) is 4.79 Å². The lowest BCUT2D eigenvalue weighted by molar-refractivity contribution is -0.112. The van der Waals surface area contributed by atoms with Gasteiger partial charge in [0.2, 0.25) is 0 Å². The summed E-state index contributed by atoms with van der Waals surface area (Å²) < 4.78 is 1.08. The highest BCUT2D eigenvalue weighted by molar-refractivity contribution is 14.1. The molecule has 3 N–H and O–H groups in total. The Morgan fingerprint density at radius 3 is 2.34 bits per heavy atom. The van der Waals surface area contributed by atoms with Gasteiger partial charge in [0, 0.05) is 32.5 Å². The van der Waals surface area contributed by atoms with Gasteiger partial charge in [-0.15, -0.1) is 0 Å². The van der Waals surface area contributed by atoms with Gasteiger partial charge in [-0.1, -0.05) is 18.2 Å². The number of hydrogen-bond donors (Lipinski definition) is 2. The highest BCUT2D eigenvalue weighted by Crippen LogP contribution is 2.27. The summed E-state index contributed by atoms with van der Waals surface area (Å²) in [6, 6.07) is 24.5. The summed E-state index contributed by atoms with van der Waals surface area (Å²) in [6.07, 6.45) is 1.54. The number of para-hydroxylation sites is 1. The molecule has 0 aliphatic heterocycles. The highest BCUT2D eigenvalue weighted by atomic mass is 127. The molecule has 0 saturated heterocycles. The zero-order chi connectivity index (χ0) is 20.8. The van der Waals surface area contributed by atoms with Crippen molar-refractivity contribution in [2.75, 3.05) is 16.0 Å². The second kappa shape index (κ2) is 9.26.